The molecule has 8 aromatic rings. The van der Waals surface area contributed by atoms with E-state index < -0.39 is 97.6 Å². The van der Waals surface area contributed by atoms with Gasteiger partial charge in [-0.05, 0) is 220 Å². The van der Waals surface area contributed by atoms with E-state index in [9.17, 15) is 35.3 Å². The van der Waals surface area contributed by atoms with Crippen molar-refractivity contribution in [2.45, 2.75) is 312 Å². The molecule has 0 aliphatic carbocycles. The van der Waals surface area contributed by atoms with E-state index in [-0.39, 0.29) is 102 Å². The van der Waals surface area contributed by atoms with Gasteiger partial charge in [-0.15, -0.1) is 0 Å². The molecule has 0 spiro atoms. The van der Waals surface area contributed by atoms with Gasteiger partial charge >= 0.3 is 71.2 Å². The molecule has 12 rings (SSSR count). The van der Waals surface area contributed by atoms with Crippen molar-refractivity contribution >= 4 is 126 Å². The fourth-order valence-electron chi connectivity index (χ4n) is 12.2. The Morgan fingerprint density at radius 3 is 0.655 bits per heavy atom. The minimum Gasteiger partial charge on any atom is -0.423 e. The highest BCUT2D eigenvalue weighted by atomic mass is 16.5. The molecule has 0 unspecified atom stereocenters. The lowest BCUT2D eigenvalue weighted by Crippen LogP contribution is -2.44. The van der Waals surface area contributed by atoms with Gasteiger partial charge in [0.05, 0.1) is 66.1 Å². The molecule has 0 aromatic heterocycles. The van der Waals surface area contributed by atoms with Gasteiger partial charge in [0.25, 0.3) is 0 Å². The Morgan fingerprint density at radius 2 is 0.426 bits per heavy atom. The minimum absolute atomic E-state index is 0.0252. The quantitative estimate of drug-likeness (QED) is 0.0488. The smallest absolute Gasteiger partial charge is 0.423 e. The number of benzene rings is 8. The third-order valence-electron chi connectivity index (χ3n) is 18.0. The van der Waals surface area contributed by atoms with Gasteiger partial charge in [0.1, 0.15) is 0 Å². The van der Waals surface area contributed by atoms with E-state index >= 15 is 0 Å². The van der Waals surface area contributed by atoms with E-state index in [1.165, 1.54) is 24.3 Å². The zero-order valence-corrected chi connectivity index (χ0v) is 94.2. The van der Waals surface area contributed by atoms with E-state index in [0.29, 0.717) is 136 Å². The van der Waals surface area contributed by atoms with Gasteiger partial charge in [-0.1, -0.05) is 341 Å². The van der Waals surface area contributed by atoms with Crippen LogP contribution in [0, 0.1) is 37.9 Å². The first-order chi connectivity index (χ1) is 68.2. The second-order valence-corrected chi connectivity index (χ2v) is 46.5. The topological polar surface area (TPSA) is 572 Å². The van der Waals surface area contributed by atoms with Crippen LogP contribution >= 0.6 is 0 Å². The molecule has 26 N–H and O–H groups in total. The number of fused-ring (bicyclic) bond motifs is 7. The monoisotopic (exact) mass is 2070 g/mol. The van der Waals surface area contributed by atoms with Crippen LogP contribution in [0.3, 0.4) is 0 Å². The minimum atomic E-state index is -1.83. The maximum atomic E-state index is 10.4. The lowest BCUT2D eigenvalue weighted by Gasteiger charge is -2.19. The molecule has 31 nitrogen and oxygen atoms in total. The molecule has 4 aliphatic rings. The highest BCUT2D eigenvalue weighted by Crippen LogP contribution is 2.20. The van der Waals surface area contributed by atoms with Gasteiger partial charge in [-0.2, -0.15) is 0 Å². The van der Waals surface area contributed by atoms with Crippen LogP contribution in [-0.2, 0) is 128 Å². The highest BCUT2D eigenvalue weighted by molar-refractivity contribution is 6.67. The standard InChI is InChI=1S/C18H22B2O6.2C10H14O2.2C8H12B2O6.C8H10B2O5.C8H8B2O4.7C5H12.C2H6/c21-11-15-9-16(12-22)18-10-17(15)19(23)25-6-4-13-2-1-3-14(8-13)5-7-26-20(18)24;2*11-6-4-9-2-1-3-10(8-9)5-7-12;2*11-3-5-1-6(4-12)8(10(15)16)2-7(5)9(13)14;11-3-5-1-6-4-15-10(14)8(6)2-7(5)9(12)13;11-9-7-2-8-6(4-14-10(8)12)1-5(7)3-13-9;7*1-5(2,3)4;1-2/h1-3,8-10,21-24H,4-7,11-12H2;2*1-3,8,11-12H,4-7H2;2*1-2,11-16H,3-4H2;1-2,11-14H,3-4H2;1-2,11-12H,3-4H2;7*1-4H3;1-2H3. The molecular formula is C107H182B10O31. The fourth-order valence-corrected chi connectivity index (χ4v) is 12.2. The number of rotatable bonds is 20. The Kier molecular flexibility index (Phi) is 72.2. The van der Waals surface area contributed by atoms with Crippen molar-refractivity contribution in [2.24, 2.45) is 37.9 Å². The molecule has 148 heavy (non-hydrogen) atoms. The molecule has 4 aliphatic heterocycles. The normalized spacial score (nSPS) is 12.7. The van der Waals surface area contributed by atoms with Crippen LogP contribution in [-0.4, -0.2) is 242 Å². The van der Waals surface area contributed by atoms with Gasteiger partial charge in [0, 0.05) is 39.6 Å². The van der Waals surface area contributed by atoms with Gasteiger partial charge in [0.2, 0.25) is 0 Å². The lowest BCUT2D eigenvalue weighted by molar-refractivity contribution is 0.263. The number of aliphatic hydroxyl groups is 11. The van der Waals surface area contributed by atoms with Crippen molar-refractivity contribution in [3.05, 3.63) is 222 Å². The van der Waals surface area contributed by atoms with Crippen LogP contribution in [0.25, 0.3) is 0 Å². The molecule has 41 heteroatoms. The molecule has 0 saturated carbocycles. The molecule has 8 aromatic carbocycles. The summed E-state index contributed by atoms with van der Waals surface area (Å²) in [7, 11) is -14.2. The summed E-state index contributed by atoms with van der Waals surface area (Å²) in [5.41, 5.74) is 17.9. The molecule has 0 amide bonds. The number of hydrogen-bond acceptors (Lipinski definition) is 31. The zero-order chi connectivity index (χ0) is 115. The predicted molar refractivity (Wildman–Crippen MR) is 604 cm³/mol. The van der Waals surface area contributed by atoms with Crippen molar-refractivity contribution in [1.82, 2.24) is 0 Å². The van der Waals surface area contributed by atoms with Crippen LogP contribution < -0.4 is 54.6 Å². The predicted octanol–water partition coefficient (Wildman–Crippen LogP) is 3.04. The maximum absolute atomic E-state index is 10.4. The fraction of sp³-hybridized carbons (Fsp3) is 0.551. The molecule has 0 fully saturated rings. The summed E-state index contributed by atoms with van der Waals surface area (Å²) in [5, 5.41) is 238. The second-order valence-electron chi connectivity index (χ2n) is 46.5. The zero-order valence-electron chi connectivity index (χ0n) is 94.2. The van der Waals surface area contributed by atoms with Gasteiger partial charge in [-0.25, -0.2) is 0 Å². The number of aliphatic hydroxyl groups excluding tert-OH is 11. The first-order valence-electron chi connectivity index (χ1n) is 50.3. The second kappa shape index (κ2) is 73.5. The lowest BCUT2D eigenvalue weighted by atomic mass is 9.68. The highest BCUT2D eigenvalue weighted by Gasteiger charge is 2.36. The Balaban J connectivity index is -0.00000158. The third kappa shape index (κ3) is 69.0. The average Bonchev–Trinajstić information content (AvgIpc) is 1.61. The number of hydrogen-bond donors (Lipinski definition) is 26. The Morgan fingerprint density at radius 1 is 0.230 bits per heavy atom. The molecule has 826 valence electrons. The maximum Gasteiger partial charge on any atom is 0.491 e. The van der Waals surface area contributed by atoms with Crippen LogP contribution in [0.1, 0.15) is 297 Å². The van der Waals surface area contributed by atoms with E-state index in [0.717, 1.165) is 73.1 Å². The Bertz CT molecular complexity index is 4460. The van der Waals surface area contributed by atoms with Gasteiger partial charge < -0.3 is 155 Å². The van der Waals surface area contributed by atoms with E-state index in [4.69, 9.17) is 119 Å². The molecule has 0 radical (unpaired) electrons. The molecule has 4 heterocycles. The van der Waals surface area contributed by atoms with Crippen LogP contribution in [0.5, 0.6) is 0 Å². The molecule has 0 saturated heterocycles. The summed E-state index contributed by atoms with van der Waals surface area (Å²) in [6, 6.07) is 38.6. The van der Waals surface area contributed by atoms with Crippen LogP contribution in [0.15, 0.2) is 133 Å². The van der Waals surface area contributed by atoms with Gasteiger partial charge in [0.15, 0.2) is 0 Å². The van der Waals surface area contributed by atoms with Crippen molar-refractivity contribution < 1.29 is 155 Å². The summed E-state index contributed by atoms with van der Waals surface area (Å²) in [4.78, 5) is 0. The Hall–Kier alpha value is -6.83. The van der Waals surface area contributed by atoms with Crippen molar-refractivity contribution in [2.75, 3.05) is 39.6 Å². The SMILES string of the molecule is CC.CC(C)(C)C.CC(C)(C)C.CC(C)(C)C.CC(C)(C)C.CC(C)(C)C.CC(C)(C)C.CC(C)(C)C.OB1OCc2cc3c(cc21)B(O)OC3.OCCc1cccc(CCO)c1.OCCc1cccc(CCO)c1.OCc1cc(CO)c(B(O)O)cc1B(O)O.OCc1cc(CO)c(B(O)O)cc1B(O)O.OCc1cc(CO)c2cc1B(O)OCCc1cccc(c1)CCOB2O.OCc1cc2c(cc1B(O)O)B(O)OC2. The van der Waals surface area contributed by atoms with Crippen molar-refractivity contribution in [3.63, 3.8) is 0 Å². The molecule has 4 bridgehead atoms. The van der Waals surface area contributed by atoms with Gasteiger partial charge in [-0.3, -0.25) is 0 Å². The van der Waals surface area contributed by atoms with E-state index in [1.807, 2.05) is 86.6 Å². The first-order valence-corrected chi connectivity index (χ1v) is 50.3. The van der Waals surface area contributed by atoms with E-state index in [2.05, 4.69) is 200 Å². The summed E-state index contributed by atoms with van der Waals surface area (Å²) in [6.45, 7) is 65.0. The Labute approximate surface area is 888 Å². The van der Waals surface area contributed by atoms with Crippen molar-refractivity contribution in [1.29, 1.82) is 0 Å². The van der Waals surface area contributed by atoms with E-state index in [1.54, 1.807) is 18.2 Å². The van der Waals surface area contributed by atoms with Crippen LogP contribution in [0.2, 0.25) is 0 Å². The summed E-state index contributed by atoms with van der Waals surface area (Å²) in [5.74, 6) is 0. The third-order valence-corrected chi connectivity index (χ3v) is 18.0. The van der Waals surface area contributed by atoms with Crippen molar-refractivity contribution in [3.8, 4) is 0 Å². The molecular weight excluding hydrogens is 1890 g/mol. The summed E-state index contributed by atoms with van der Waals surface area (Å²) < 4.78 is 26.2. The first kappa shape index (κ1) is 145. The summed E-state index contributed by atoms with van der Waals surface area (Å²) in [6.07, 6.45) is 4.06. The average molecular weight is 2070 g/mol. The largest absolute Gasteiger partial charge is 0.491 e. The molecule has 0 atom stereocenters. The summed E-state index contributed by atoms with van der Waals surface area (Å²) >= 11 is 0. The van der Waals surface area contributed by atoms with Crippen LogP contribution in [0.4, 0.5) is 0 Å².